The van der Waals surface area contributed by atoms with Crippen LogP contribution in [-0.2, 0) is 16.1 Å². The minimum atomic E-state index is -0.348. The number of carbonyl (C=O) groups excluding carboxylic acids is 1. The highest BCUT2D eigenvalue weighted by molar-refractivity contribution is 5.76. The number of hydrogen-bond donors (Lipinski definition) is 2. The molecule has 3 N–H and O–H groups in total. The summed E-state index contributed by atoms with van der Waals surface area (Å²) >= 11 is 0. The molecule has 6 heteroatoms. The van der Waals surface area contributed by atoms with E-state index in [9.17, 15) is 9.59 Å². The van der Waals surface area contributed by atoms with E-state index in [0.717, 1.165) is 19.4 Å². The van der Waals surface area contributed by atoms with Crippen molar-refractivity contribution >= 4 is 11.6 Å². The summed E-state index contributed by atoms with van der Waals surface area (Å²) in [6.45, 7) is 3.16. The van der Waals surface area contributed by atoms with E-state index in [1.54, 1.807) is 0 Å². The lowest BCUT2D eigenvalue weighted by Crippen LogP contribution is -2.52. The van der Waals surface area contributed by atoms with Gasteiger partial charge in [-0.3, -0.25) is 9.59 Å². The Hall–Kier alpha value is -1.82. The van der Waals surface area contributed by atoms with Crippen molar-refractivity contribution in [3.05, 3.63) is 28.7 Å². The molecule has 1 fully saturated rings. The molecule has 0 bridgehead atoms. The zero-order valence-electron chi connectivity index (χ0n) is 11.0. The number of pyridine rings is 1. The number of carbonyl (C=O) groups is 1. The summed E-state index contributed by atoms with van der Waals surface area (Å²) < 4.78 is 6.68. The Morgan fingerprint density at radius 1 is 1.58 bits per heavy atom. The van der Waals surface area contributed by atoms with E-state index in [0.29, 0.717) is 12.3 Å². The standard InChI is InChI=1S/C13H19N3O3/c1-13(5-2-6-19-9-13)15-11(17)8-16-7-10(14)3-4-12(16)18/h3-4,7H,2,5-6,8-9,14H2,1H3,(H,15,17). The number of rotatable bonds is 3. The minimum absolute atomic E-state index is 0.0283. The van der Waals surface area contributed by atoms with Crippen molar-refractivity contribution in [2.45, 2.75) is 31.8 Å². The summed E-state index contributed by atoms with van der Waals surface area (Å²) in [5.74, 6) is -0.208. The Morgan fingerprint density at radius 3 is 3.05 bits per heavy atom. The van der Waals surface area contributed by atoms with E-state index in [1.807, 2.05) is 6.92 Å². The zero-order valence-corrected chi connectivity index (χ0v) is 11.0. The van der Waals surface area contributed by atoms with Gasteiger partial charge >= 0.3 is 0 Å². The van der Waals surface area contributed by atoms with Crippen molar-refractivity contribution in [3.63, 3.8) is 0 Å². The van der Waals surface area contributed by atoms with Gasteiger partial charge in [-0.15, -0.1) is 0 Å². The quantitative estimate of drug-likeness (QED) is 0.812. The molecule has 0 radical (unpaired) electrons. The number of nitrogens with zero attached hydrogens (tertiary/aromatic N) is 1. The highest BCUT2D eigenvalue weighted by Gasteiger charge is 2.29. The Balaban J connectivity index is 2.01. The number of amides is 1. The van der Waals surface area contributed by atoms with Gasteiger partial charge in [-0.25, -0.2) is 0 Å². The third-order valence-corrected chi connectivity index (χ3v) is 3.20. The molecule has 1 aliphatic rings. The van der Waals surface area contributed by atoms with Gasteiger partial charge in [0, 0.05) is 24.6 Å². The van der Waals surface area contributed by atoms with Crippen molar-refractivity contribution < 1.29 is 9.53 Å². The van der Waals surface area contributed by atoms with E-state index in [2.05, 4.69) is 5.32 Å². The molecule has 2 rings (SSSR count). The molecule has 0 aliphatic carbocycles. The van der Waals surface area contributed by atoms with Crippen LogP contribution < -0.4 is 16.6 Å². The number of nitrogens with two attached hydrogens (primary N) is 1. The maximum Gasteiger partial charge on any atom is 0.251 e. The van der Waals surface area contributed by atoms with E-state index in [1.165, 1.54) is 22.9 Å². The Bertz CT molecular complexity index is 518. The molecule has 19 heavy (non-hydrogen) atoms. The first kappa shape index (κ1) is 13.6. The van der Waals surface area contributed by atoms with Gasteiger partial charge in [-0.1, -0.05) is 0 Å². The molecule has 2 heterocycles. The van der Waals surface area contributed by atoms with Gasteiger partial charge in [0.05, 0.1) is 12.1 Å². The Morgan fingerprint density at radius 2 is 2.37 bits per heavy atom. The SMILES string of the molecule is CC1(NC(=O)Cn2cc(N)ccc2=O)CCCOC1. The first-order chi connectivity index (χ1) is 8.98. The first-order valence-electron chi connectivity index (χ1n) is 6.33. The summed E-state index contributed by atoms with van der Waals surface area (Å²) in [7, 11) is 0. The predicted molar refractivity (Wildman–Crippen MR) is 71.7 cm³/mol. The van der Waals surface area contributed by atoms with E-state index in [-0.39, 0.29) is 23.6 Å². The topological polar surface area (TPSA) is 86.4 Å². The molecular formula is C13H19N3O3. The zero-order chi connectivity index (χ0) is 13.9. The monoisotopic (exact) mass is 265 g/mol. The van der Waals surface area contributed by atoms with Crippen molar-refractivity contribution in [2.24, 2.45) is 0 Å². The van der Waals surface area contributed by atoms with Gasteiger partial charge in [0.1, 0.15) is 6.54 Å². The normalized spacial score (nSPS) is 23.0. The van der Waals surface area contributed by atoms with Crippen molar-refractivity contribution in [1.29, 1.82) is 0 Å². The predicted octanol–water partition coefficient (Wildman–Crippen LogP) is 0.116. The molecule has 0 saturated carbocycles. The minimum Gasteiger partial charge on any atom is -0.398 e. The lowest BCUT2D eigenvalue weighted by Gasteiger charge is -2.34. The van der Waals surface area contributed by atoms with Crippen LogP contribution in [0.3, 0.4) is 0 Å². The number of aromatic nitrogens is 1. The average Bonchev–Trinajstić information content (AvgIpc) is 2.34. The van der Waals surface area contributed by atoms with E-state index >= 15 is 0 Å². The largest absolute Gasteiger partial charge is 0.398 e. The molecule has 1 aromatic rings. The molecule has 0 aromatic carbocycles. The second-order valence-corrected chi connectivity index (χ2v) is 5.19. The van der Waals surface area contributed by atoms with Crippen LogP contribution in [0.25, 0.3) is 0 Å². The van der Waals surface area contributed by atoms with Gasteiger partial charge in [0.15, 0.2) is 0 Å². The fourth-order valence-corrected chi connectivity index (χ4v) is 2.24. The number of ether oxygens (including phenoxy) is 1. The maximum atomic E-state index is 12.0. The lowest BCUT2D eigenvalue weighted by atomic mass is 9.95. The van der Waals surface area contributed by atoms with Crippen molar-refractivity contribution in [1.82, 2.24) is 9.88 Å². The van der Waals surface area contributed by atoms with Crippen LogP contribution in [0.2, 0.25) is 0 Å². The number of anilines is 1. The molecule has 1 amide bonds. The second-order valence-electron chi connectivity index (χ2n) is 5.19. The van der Waals surface area contributed by atoms with Crippen LogP contribution in [0.15, 0.2) is 23.1 Å². The molecule has 1 unspecified atom stereocenters. The van der Waals surface area contributed by atoms with E-state index < -0.39 is 0 Å². The summed E-state index contributed by atoms with van der Waals surface area (Å²) in [6, 6.07) is 2.88. The first-order valence-corrected chi connectivity index (χ1v) is 6.33. The van der Waals surface area contributed by atoms with Crippen LogP contribution >= 0.6 is 0 Å². The summed E-state index contributed by atoms with van der Waals surface area (Å²) in [5.41, 5.74) is 5.47. The van der Waals surface area contributed by atoms with Crippen molar-refractivity contribution in [3.8, 4) is 0 Å². The number of nitrogens with one attached hydrogen (secondary N) is 1. The smallest absolute Gasteiger partial charge is 0.251 e. The Labute approximate surface area is 111 Å². The summed E-state index contributed by atoms with van der Waals surface area (Å²) in [5, 5.41) is 2.93. The van der Waals surface area contributed by atoms with Gasteiger partial charge in [-0.05, 0) is 25.8 Å². The fraction of sp³-hybridized carbons (Fsp3) is 0.538. The molecule has 1 atom stereocenters. The molecule has 1 aromatic heterocycles. The van der Waals surface area contributed by atoms with E-state index in [4.69, 9.17) is 10.5 Å². The summed E-state index contributed by atoms with van der Waals surface area (Å²) in [6.07, 6.45) is 3.28. The van der Waals surface area contributed by atoms with Gasteiger partial charge in [-0.2, -0.15) is 0 Å². The lowest BCUT2D eigenvalue weighted by molar-refractivity contribution is -0.125. The Kier molecular flexibility index (Phi) is 3.90. The molecule has 0 spiro atoms. The molecule has 1 aliphatic heterocycles. The maximum absolute atomic E-state index is 12.0. The third kappa shape index (κ3) is 3.57. The third-order valence-electron chi connectivity index (χ3n) is 3.20. The van der Waals surface area contributed by atoms with Crippen LogP contribution in [-0.4, -0.2) is 29.2 Å². The van der Waals surface area contributed by atoms with Gasteiger partial charge in [0.2, 0.25) is 5.91 Å². The second kappa shape index (κ2) is 5.44. The van der Waals surface area contributed by atoms with Crippen LogP contribution in [0.5, 0.6) is 0 Å². The highest BCUT2D eigenvalue weighted by Crippen LogP contribution is 2.18. The average molecular weight is 265 g/mol. The highest BCUT2D eigenvalue weighted by atomic mass is 16.5. The number of nitrogen functional groups attached to an aromatic ring is 1. The molecule has 6 nitrogen and oxygen atoms in total. The molecule has 104 valence electrons. The van der Waals surface area contributed by atoms with Gasteiger partial charge in [0.25, 0.3) is 5.56 Å². The van der Waals surface area contributed by atoms with Crippen LogP contribution in [0.4, 0.5) is 5.69 Å². The van der Waals surface area contributed by atoms with Gasteiger partial charge < -0.3 is 20.4 Å². The summed E-state index contributed by atoms with van der Waals surface area (Å²) in [4.78, 5) is 23.6. The van der Waals surface area contributed by atoms with Crippen molar-refractivity contribution in [2.75, 3.05) is 18.9 Å². The molecular weight excluding hydrogens is 246 g/mol. The number of hydrogen-bond acceptors (Lipinski definition) is 4. The fourth-order valence-electron chi connectivity index (χ4n) is 2.24. The molecule has 1 saturated heterocycles. The van der Waals surface area contributed by atoms with Crippen LogP contribution in [0, 0.1) is 0 Å². The van der Waals surface area contributed by atoms with Crippen LogP contribution in [0.1, 0.15) is 19.8 Å².